The van der Waals surface area contributed by atoms with Gasteiger partial charge in [0.05, 0.1) is 5.92 Å². The predicted molar refractivity (Wildman–Crippen MR) is 77.1 cm³/mol. The first kappa shape index (κ1) is 14.9. The zero-order chi connectivity index (χ0) is 14.9. The molecule has 0 saturated heterocycles. The van der Waals surface area contributed by atoms with Crippen LogP contribution in [0.4, 0.5) is 13.2 Å². The van der Waals surface area contributed by atoms with Crippen molar-refractivity contribution >= 4 is 0 Å². The SMILES string of the molecule is FC(F)(F)C1CCCCC1NCc1ccccc1C1CC1. The summed E-state index contributed by atoms with van der Waals surface area (Å²) in [6.07, 6.45) is 0.849. The van der Waals surface area contributed by atoms with Crippen LogP contribution in [0.5, 0.6) is 0 Å². The molecule has 21 heavy (non-hydrogen) atoms. The summed E-state index contributed by atoms with van der Waals surface area (Å²) in [4.78, 5) is 0. The predicted octanol–water partition coefficient (Wildman–Crippen LogP) is 4.77. The summed E-state index contributed by atoms with van der Waals surface area (Å²) in [7, 11) is 0. The summed E-state index contributed by atoms with van der Waals surface area (Å²) >= 11 is 0. The third kappa shape index (κ3) is 3.60. The first-order valence-electron chi connectivity index (χ1n) is 7.93. The molecule has 2 atom stereocenters. The smallest absolute Gasteiger partial charge is 0.309 e. The molecule has 4 heteroatoms. The second kappa shape index (κ2) is 5.99. The van der Waals surface area contributed by atoms with Gasteiger partial charge in [0.15, 0.2) is 0 Å². The van der Waals surface area contributed by atoms with Crippen LogP contribution in [0.1, 0.15) is 55.6 Å². The van der Waals surface area contributed by atoms with E-state index in [1.54, 1.807) is 0 Å². The minimum Gasteiger partial charge on any atom is -0.309 e. The summed E-state index contributed by atoms with van der Waals surface area (Å²) in [6, 6.07) is 7.75. The van der Waals surface area contributed by atoms with Gasteiger partial charge in [-0.3, -0.25) is 0 Å². The van der Waals surface area contributed by atoms with Crippen molar-refractivity contribution in [3.05, 3.63) is 35.4 Å². The Morgan fingerprint density at radius 2 is 1.71 bits per heavy atom. The van der Waals surface area contributed by atoms with Gasteiger partial charge in [0.2, 0.25) is 0 Å². The van der Waals surface area contributed by atoms with Crippen molar-refractivity contribution in [2.24, 2.45) is 5.92 Å². The normalized spacial score (nSPS) is 26.8. The maximum atomic E-state index is 13.1. The fourth-order valence-electron chi connectivity index (χ4n) is 3.50. The standard InChI is InChI=1S/C17H22F3N/c18-17(19,20)15-7-3-4-8-16(15)21-11-13-5-1-2-6-14(13)12-9-10-12/h1-2,5-6,12,15-16,21H,3-4,7-11H2. The van der Waals surface area contributed by atoms with Crippen LogP contribution in [0.2, 0.25) is 0 Å². The van der Waals surface area contributed by atoms with Gasteiger partial charge in [0.1, 0.15) is 0 Å². The monoisotopic (exact) mass is 297 g/mol. The highest BCUT2D eigenvalue weighted by molar-refractivity contribution is 5.33. The van der Waals surface area contributed by atoms with E-state index in [4.69, 9.17) is 0 Å². The van der Waals surface area contributed by atoms with Gasteiger partial charge < -0.3 is 5.32 Å². The van der Waals surface area contributed by atoms with Crippen LogP contribution >= 0.6 is 0 Å². The molecule has 0 bridgehead atoms. The molecule has 0 amide bonds. The molecule has 1 nitrogen and oxygen atoms in total. The Morgan fingerprint density at radius 3 is 2.43 bits per heavy atom. The zero-order valence-electron chi connectivity index (χ0n) is 12.1. The van der Waals surface area contributed by atoms with Crippen molar-refractivity contribution in [3.63, 3.8) is 0 Å². The second-order valence-corrected chi connectivity index (χ2v) is 6.39. The van der Waals surface area contributed by atoms with E-state index in [1.165, 1.54) is 24.0 Å². The molecule has 2 fully saturated rings. The molecule has 116 valence electrons. The second-order valence-electron chi connectivity index (χ2n) is 6.39. The van der Waals surface area contributed by atoms with Crippen molar-refractivity contribution in [3.8, 4) is 0 Å². The molecular formula is C17H22F3N. The van der Waals surface area contributed by atoms with Gasteiger partial charge in [-0.15, -0.1) is 0 Å². The minimum absolute atomic E-state index is 0.269. The van der Waals surface area contributed by atoms with Crippen LogP contribution in [0, 0.1) is 5.92 Å². The van der Waals surface area contributed by atoms with E-state index in [0.717, 1.165) is 6.42 Å². The molecule has 2 unspecified atom stereocenters. The largest absolute Gasteiger partial charge is 0.393 e. The molecule has 0 aromatic heterocycles. The number of nitrogens with one attached hydrogen (secondary N) is 1. The van der Waals surface area contributed by atoms with Crippen molar-refractivity contribution < 1.29 is 13.2 Å². The van der Waals surface area contributed by atoms with Crippen LogP contribution in [0.25, 0.3) is 0 Å². The first-order valence-corrected chi connectivity index (χ1v) is 7.93. The summed E-state index contributed by atoms with van der Waals surface area (Å²) in [5, 5.41) is 3.20. The number of halogens is 3. The fourth-order valence-corrected chi connectivity index (χ4v) is 3.50. The van der Waals surface area contributed by atoms with Crippen molar-refractivity contribution in [2.45, 2.75) is 63.2 Å². The molecule has 0 radical (unpaired) electrons. The van der Waals surface area contributed by atoms with E-state index in [9.17, 15) is 13.2 Å². The highest BCUT2D eigenvalue weighted by Gasteiger charge is 2.45. The molecule has 2 aliphatic carbocycles. The highest BCUT2D eigenvalue weighted by atomic mass is 19.4. The van der Waals surface area contributed by atoms with Crippen molar-refractivity contribution in [1.29, 1.82) is 0 Å². The third-order valence-electron chi connectivity index (χ3n) is 4.81. The van der Waals surface area contributed by atoms with Crippen LogP contribution in [-0.2, 0) is 6.54 Å². The molecule has 3 rings (SSSR count). The lowest BCUT2D eigenvalue weighted by atomic mass is 9.84. The van der Waals surface area contributed by atoms with Gasteiger partial charge in [-0.1, -0.05) is 37.1 Å². The Balaban J connectivity index is 1.66. The molecule has 2 aliphatic rings. The van der Waals surface area contributed by atoms with Gasteiger partial charge in [0, 0.05) is 12.6 Å². The van der Waals surface area contributed by atoms with Crippen molar-refractivity contribution in [1.82, 2.24) is 5.32 Å². The molecule has 1 aromatic carbocycles. The average molecular weight is 297 g/mol. The van der Waals surface area contributed by atoms with E-state index < -0.39 is 18.1 Å². The van der Waals surface area contributed by atoms with E-state index in [2.05, 4.69) is 11.4 Å². The average Bonchev–Trinajstić information content (AvgIpc) is 3.29. The lowest BCUT2D eigenvalue weighted by Gasteiger charge is -2.33. The Kier molecular flexibility index (Phi) is 4.25. The summed E-state index contributed by atoms with van der Waals surface area (Å²) < 4.78 is 39.3. The third-order valence-corrected chi connectivity index (χ3v) is 4.81. The van der Waals surface area contributed by atoms with Crippen LogP contribution < -0.4 is 5.32 Å². The topological polar surface area (TPSA) is 12.0 Å². The highest BCUT2D eigenvalue weighted by Crippen LogP contribution is 2.42. The fraction of sp³-hybridized carbons (Fsp3) is 0.647. The Labute approximate surface area is 123 Å². The summed E-state index contributed by atoms with van der Waals surface area (Å²) in [5.41, 5.74) is 2.50. The van der Waals surface area contributed by atoms with E-state index >= 15 is 0 Å². The minimum atomic E-state index is -4.08. The van der Waals surface area contributed by atoms with Gasteiger partial charge in [-0.25, -0.2) is 0 Å². The Morgan fingerprint density at radius 1 is 1.00 bits per heavy atom. The Bertz CT molecular complexity index is 479. The molecular weight excluding hydrogens is 275 g/mol. The molecule has 1 N–H and O–H groups in total. The Hall–Kier alpha value is -1.03. The quantitative estimate of drug-likeness (QED) is 0.843. The van der Waals surface area contributed by atoms with E-state index in [1.807, 2.05) is 18.2 Å². The lowest BCUT2D eigenvalue weighted by Crippen LogP contribution is -2.45. The maximum Gasteiger partial charge on any atom is 0.393 e. The number of hydrogen-bond acceptors (Lipinski definition) is 1. The number of rotatable bonds is 4. The molecule has 1 aromatic rings. The maximum absolute atomic E-state index is 13.1. The van der Waals surface area contributed by atoms with Gasteiger partial charge in [-0.2, -0.15) is 13.2 Å². The zero-order valence-corrected chi connectivity index (χ0v) is 12.1. The van der Waals surface area contributed by atoms with Crippen LogP contribution in [0.15, 0.2) is 24.3 Å². The van der Waals surface area contributed by atoms with Gasteiger partial charge in [0.25, 0.3) is 0 Å². The lowest BCUT2D eigenvalue weighted by molar-refractivity contribution is -0.189. The molecule has 2 saturated carbocycles. The first-order chi connectivity index (χ1) is 10.1. The summed E-state index contributed by atoms with van der Waals surface area (Å²) in [6.45, 7) is 0.559. The van der Waals surface area contributed by atoms with Gasteiger partial charge >= 0.3 is 6.18 Å². The van der Waals surface area contributed by atoms with E-state index in [-0.39, 0.29) is 6.42 Å². The molecule has 0 heterocycles. The van der Waals surface area contributed by atoms with Gasteiger partial charge in [-0.05, 0) is 42.7 Å². The number of hydrogen-bond donors (Lipinski definition) is 1. The van der Waals surface area contributed by atoms with Crippen LogP contribution in [-0.4, -0.2) is 12.2 Å². The van der Waals surface area contributed by atoms with Crippen LogP contribution in [0.3, 0.4) is 0 Å². The van der Waals surface area contributed by atoms with E-state index in [0.29, 0.717) is 25.3 Å². The number of benzene rings is 1. The summed E-state index contributed by atoms with van der Waals surface area (Å²) in [5.74, 6) is -0.549. The van der Waals surface area contributed by atoms with Crippen molar-refractivity contribution in [2.75, 3.05) is 0 Å². The molecule has 0 spiro atoms. The number of alkyl halides is 3. The molecule has 0 aliphatic heterocycles.